The summed E-state index contributed by atoms with van der Waals surface area (Å²) < 4.78 is 20.0. The molecule has 0 spiro atoms. The second-order valence-electron chi connectivity index (χ2n) is 7.39. The van der Waals surface area contributed by atoms with Crippen molar-refractivity contribution in [3.63, 3.8) is 0 Å². The van der Waals surface area contributed by atoms with Crippen LogP contribution in [0.25, 0.3) is 11.0 Å². The molecule has 2 aromatic carbocycles. The number of aryl methyl sites for hydroxylation is 2. The average Bonchev–Trinajstić information content (AvgIpc) is 3.37. The van der Waals surface area contributed by atoms with E-state index >= 15 is 0 Å². The van der Waals surface area contributed by atoms with E-state index in [-0.39, 0.29) is 25.4 Å². The molecule has 34 heavy (non-hydrogen) atoms. The van der Waals surface area contributed by atoms with Gasteiger partial charge >= 0.3 is 5.97 Å². The molecule has 0 atom stereocenters. The van der Waals surface area contributed by atoms with Crippen molar-refractivity contribution in [2.45, 2.75) is 26.1 Å². The number of carboxylic acid groups (broad SMARTS) is 1. The molecule has 0 aliphatic rings. The Balaban J connectivity index is 0.00000324. The Hall–Kier alpha value is -2.94. The largest absolute Gasteiger partial charge is 0.497 e. The molecule has 2 heterocycles. The fraction of sp³-hybridized carbons (Fsp3) is 0.250. The molecule has 0 bridgehead atoms. The number of benzene rings is 2. The van der Waals surface area contributed by atoms with E-state index in [2.05, 4.69) is 4.98 Å². The fourth-order valence-corrected chi connectivity index (χ4v) is 4.41. The number of methoxy groups -OCH3 is 1. The molecule has 0 unspecified atom stereocenters. The van der Waals surface area contributed by atoms with Gasteiger partial charge in [0.2, 0.25) is 0 Å². The standard InChI is InChI=1S/C24H23ClN2O5S.ClH/c1-27-20-11-16(30-2)6-8-19(20)26-23(27)14-31-17-5-3-15(4-10-24(28)29)21(12-17)32-13-18-7-9-22(25)33-18;/h3,5-9,11-12H,4,10,13-14H2,1-2H3,(H,28,29);1H. The average molecular weight is 523 g/mol. The number of fused-ring (bicyclic) bond motifs is 1. The topological polar surface area (TPSA) is 82.8 Å². The zero-order chi connectivity index (χ0) is 23.4. The Morgan fingerprint density at radius 3 is 2.59 bits per heavy atom. The molecule has 0 saturated heterocycles. The van der Waals surface area contributed by atoms with Crippen LogP contribution in [0, 0.1) is 0 Å². The van der Waals surface area contributed by atoms with Crippen LogP contribution in [0.3, 0.4) is 0 Å². The molecule has 0 amide bonds. The van der Waals surface area contributed by atoms with Gasteiger partial charge in [0.25, 0.3) is 0 Å². The van der Waals surface area contributed by atoms with E-state index in [1.54, 1.807) is 13.2 Å². The SMILES string of the molecule is COc1ccc2nc(COc3ccc(CCC(=O)O)c(OCc4ccc(Cl)s4)c3)n(C)c2c1.Cl. The Bertz CT molecular complexity index is 1290. The van der Waals surface area contributed by atoms with E-state index in [4.69, 9.17) is 30.9 Å². The highest BCUT2D eigenvalue weighted by atomic mass is 35.5. The van der Waals surface area contributed by atoms with Gasteiger partial charge in [0.05, 0.1) is 22.5 Å². The monoisotopic (exact) mass is 522 g/mol. The molecule has 0 radical (unpaired) electrons. The molecule has 10 heteroatoms. The van der Waals surface area contributed by atoms with Gasteiger partial charge < -0.3 is 23.9 Å². The van der Waals surface area contributed by atoms with Crippen molar-refractivity contribution < 1.29 is 24.1 Å². The number of aromatic nitrogens is 2. The normalized spacial score (nSPS) is 10.7. The highest BCUT2D eigenvalue weighted by molar-refractivity contribution is 7.16. The van der Waals surface area contributed by atoms with Crippen LogP contribution in [-0.2, 0) is 31.5 Å². The molecule has 7 nitrogen and oxygen atoms in total. The number of ether oxygens (including phenoxy) is 3. The van der Waals surface area contributed by atoms with Gasteiger partial charge in [-0.25, -0.2) is 4.98 Å². The number of hydrogen-bond donors (Lipinski definition) is 1. The number of carboxylic acids is 1. The summed E-state index contributed by atoms with van der Waals surface area (Å²) in [5.74, 6) is 1.88. The van der Waals surface area contributed by atoms with Crippen molar-refractivity contribution in [3.05, 3.63) is 69.1 Å². The number of aliphatic carboxylic acids is 1. The number of carbonyl (C=O) groups is 1. The molecule has 1 N–H and O–H groups in total. The van der Waals surface area contributed by atoms with Gasteiger partial charge in [0.1, 0.15) is 36.3 Å². The third kappa shape index (κ3) is 6.14. The number of nitrogens with zero attached hydrogens (tertiary/aromatic N) is 2. The van der Waals surface area contributed by atoms with Gasteiger partial charge in [0, 0.05) is 30.5 Å². The summed E-state index contributed by atoms with van der Waals surface area (Å²) >= 11 is 7.45. The Kier molecular flexibility index (Phi) is 8.66. The summed E-state index contributed by atoms with van der Waals surface area (Å²) in [5, 5.41) is 9.06. The van der Waals surface area contributed by atoms with Crippen LogP contribution in [-0.4, -0.2) is 27.7 Å². The van der Waals surface area contributed by atoms with E-state index in [1.165, 1.54) is 11.3 Å². The number of imidazole rings is 1. The fourth-order valence-electron chi connectivity index (χ4n) is 3.41. The van der Waals surface area contributed by atoms with E-state index in [1.807, 2.05) is 54.1 Å². The molecule has 0 aliphatic heterocycles. The lowest BCUT2D eigenvalue weighted by molar-refractivity contribution is -0.136. The van der Waals surface area contributed by atoms with E-state index in [0.29, 0.717) is 28.9 Å². The van der Waals surface area contributed by atoms with Gasteiger partial charge in [-0.2, -0.15) is 0 Å². The van der Waals surface area contributed by atoms with Crippen molar-refractivity contribution in [1.82, 2.24) is 9.55 Å². The molecule has 0 fully saturated rings. The maximum absolute atomic E-state index is 11.0. The third-order valence-electron chi connectivity index (χ3n) is 5.19. The van der Waals surface area contributed by atoms with Crippen LogP contribution >= 0.6 is 35.3 Å². The Labute approximate surface area is 212 Å². The molecule has 4 aromatic rings. The second-order valence-corrected chi connectivity index (χ2v) is 9.19. The minimum Gasteiger partial charge on any atom is -0.497 e. The molecule has 4 rings (SSSR count). The molecular formula is C24H24Cl2N2O5S. The smallest absolute Gasteiger partial charge is 0.303 e. The first kappa shape index (κ1) is 25.7. The highest BCUT2D eigenvalue weighted by Crippen LogP contribution is 2.30. The summed E-state index contributed by atoms with van der Waals surface area (Å²) in [6.07, 6.45) is 0.382. The number of halogens is 2. The first-order valence-corrected chi connectivity index (χ1v) is 11.5. The second kappa shape index (κ2) is 11.5. The summed E-state index contributed by atoms with van der Waals surface area (Å²) in [4.78, 5) is 16.7. The van der Waals surface area contributed by atoms with Gasteiger partial charge in [-0.1, -0.05) is 17.7 Å². The van der Waals surface area contributed by atoms with Crippen molar-refractivity contribution in [2.24, 2.45) is 7.05 Å². The van der Waals surface area contributed by atoms with Crippen LogP contribution in [0.5, 0.6) is 17.2 Å². The van der Waals surface area contributed by atoms with Crippen LogP contribution < -0.4 is 14.2 Å². The van der Waals surface area contributed by atoms with Crippen molar-refractivity contribution in [2.75, 3.05) is 7.11 Å². The molecule has 180 valence electrons. The number of hydrogen-bond acceptors (Lipinski definition) is 6. The van der Waals surface area contributed by atoms with Crippen LogP contribution in [0.1, 0.15) is 22.7 Å². The summed E-state index contributed by atoms with van der Waals surface area (Å²) in [7, 11) is 3.57. The molecule has 0 saturated carbocycles. The lowest BCUT2D eigenvalue weighted by Crippen LogP contribution is -2.05. The zero-order valence-corrected chi connectivity index (χ0v) is 21.0. The van der Waals surface area contributed by atoms with Crippen molar-refractivity contribution in [1.29, 1.82) is 0 Å². The predicted molar refractivity (Wildman–Crippen MR) is 135 cm³/mol. The quantitative estimate of drug-likeness (QED) is 0.279. The minimum atomic E-state index is -0.857. The maximum Gasteiger partial charge on any atom is 0.303 e. The molecule has 2 aromatic heterocycles. The van der Waals surface area contributed by atoms with Gasteiger partial charge in [-0.05, 0) is 42.3 Å². The minimum absolute atomic E-state index is 0. The van der Waals surface area contributed by atoms with Crippen LogP contribution in [0.2, 0.25) is 4.34 Å². The number of thiophene rings is 1. The third-order valence-corrected chi connectivity index (χ3v) is 6.40. The summed E-state index contributed by atoms with van der Waals surface area (Å²) in [6, 6.07) is 14.9. The first-order valence-electron chi connectivity index (χ1n) is 10.3. The highest BCUT2D eigenvalue weighted by Gasteiger charge is 2.12. The first-order chi connectivity index (χ1) is 15.9. The van der Waals surface area contributed by atoms with Crippen molar-refractivity contribution in [3.8, 4) is 17.2 Å². The van der Waals surface area contributed by atoms with E-state index in [9.17, 15) is 4.79 Å². The van der Waals surface area contributed by atoms with Crippen LogP contribution in [0.15, 0.2) is 48.5 Å². The van der Waals surface area contributed by atoms with Gasteiger partial charge in [0.15, 0.2) is 0 Å². The molecule has 0 aliphatic carbocycles. The lowest BCUT2D eigenvalue weighted by Gasteiger charge is -2.13. The number of rotatable bonds is 10. The zero-order valence-electron chi connectivity index (χ0n) is 18.6. The lowest BCUT2D eigenvalue weighted by atomic mass is 10.1. The predicted octanol–water partition coefficient (Wildman–Crippen LogP) is 5.89. The summed E-state index contributed by atoms with van der Waals surface area (Å²) in [5.41, 5.74) is 2.62. The maximum atomic E-state index is 11.0. The molecular weight excluding hydrogens is 499 g/mol. The van der Waals surface area contributed by atoms with Crippen LogP contribution in [0.4, 0.5) is 0 Å². The van der Waals surface area contributed by atoms with E-state index in [0.717, 1.165) is 33.0 Å². The van der Waals surface area contributed by atoms with Gasteiger partial charge in [-0.3, -0.25) is 4.79 Å². The van der Waals surface area contributed by atoms with Crippen molar-refractivity contribution >= 4 is 52.3 Å². The Morgan fingerprint density at radius 2 is 1.88 bits per heavy atom. The Morgan fingerprint density at radius 1 is 1.09 bits per heavy atom. The van der Waals surface area contributed by atoms with Gasteiger partial charge in [-0.15, -0.1) is 23.7 Å². The van der Waals surface area contributed by atoms with E-state index < -0.39 is 5.97 Å². The summed E-state index contributed by atoms with van der Waals surface area (Å²) in [6.45, 7) is 0.607.